The fraction of sp³-hybridized carbons (Fsp3) is 0.600. The first-order chi connectivity index (χ1) is 10.1. The van der Waals surface area contributed by atoms with Crippen molar-refractivity contribution in [2.75, 3.05) is 20.3 Å². The Labute approximate surface area is 131 Å². The van der Waals surface area contributed by atoms with E-state index in [4.69, 9.17) is 9.16 Å². The molecule has 5 nitrogen and oxygen atoms in total. The molecule has 0 saturated heterocycles. The number of hydrogen-bond acceptors (Lipinski definition) is 5. The average Bonchev–Trinajstić information content (AvgIpc) is 2.41. The first kappa shape index (κ1) is 18.6. The van der Waals surface area contributed by atoms with Gasteiger partial charge in [-0.15, -0.1) is 0 Å². The van der Waals surface area contributed by atoms with E-state index in [9.17, 15) is 9.18 Å². The van der Waals surface area contributed by atoms with Crippen LogP contribution in [-0.4, -0.2) is 39.6 Å². The molecule has 0 aliphatic rings. The Morgan fingerprint density at radius 2 is 1.95 bits per heavy atom. The second kappa shape index (κ2) is 7.19. The molecule has 0 radical (unpaired) electrons. The summed E-state index contributed by atoms with van der Waals surface area (Å²) in [7, 11) is -0.641. The Balaban J connectivity index is 2.53. The van der Waals surface area contributed by atoms with Crippen molar-refractivity contribution < 1.29 is 23.1 Å². The maximum absolute atomic E-state index is 13.7. The van der Waals surface area contributed by atoms with E-state index in [2.05, 4.69) is 43.6 Å². The maximum Gasteiger partial charge on any atom is 0.359 e. The molecule has 0 unspecified atom stereocenters. The van der Waals surface area contributed by atoms with E-state index in [1.54, 1.807) is 0 Å². The molecule has 7 heteroatoms. The summed E-state index contributed by atoms with van der Waals surface area (Å²) in [6.07, 6.45) is 1.29. The molecular formula is C15H24FNO4Si. The van der Waals surface area contributed by atoms with Crippen molar-refractivity contribution >= 4 is 14.3 Å². The second-order valence-corrected chi connectivity index (χ2v) is 11.3. The summed E-state index contributed by atoms with van der Waals surface area (Å²) < 4.78 is 29.5. The van der Waals surface area contributed by atoms with Gasteiger partial charge in [-0.05, 0) is 18.1 Å². The monoisotopic (exact) mass is 329 g/mol. The van der Waals surface area contributed by atoms with Crippen LogP contribution >= 0.6 is 0 Å². The number of ether oxygens (including phenoxy) is 2. The van der Waals surface area contributed by atoms with Crippen LogP contribution in [0.3, 0.4) is 0 Å². The van der Waals surface area contributed by atoms with Gasteiger partial charge in [0.25, 0.3) is 0 Å². The lowest BCUT2D eigenvalue weighted by molar-refractivity contribution is 0.0588. The number of aromatic nitrogens is 1. The molecule has 0 aliphatic carbocycles. The highest BCUT2D eigenvalue weighted by Gasteiger charge is 2.36. The van der Waals surface area contributed by atoms with Gasteiger partial charge in [0.05, 0.1) is 19.9 Å². The molecule has 0 bridgehead atoms. The van der Waals surface area contributed by atoms with Crippen molar-refractivity contribution in [3.05, 3.63) is 23.8 Å². The van der Waals surface area contributed by atoms with Crippen molar-refractivity contribution in [2.24, 2.45) is 0 Å². The van der Waals surface area contributed by atoms with Gasteiger partial charge in [-0.25, -0.2) is 14.2 Å². The van der Waals surface area contributed by atoms with Gasteiger partial charge in [-0.2, -0.15) is 0 Å². The van der Waals surface area contributed by atoms with Gasteiger partial charge in [-0.1, -0.05) is 20.8 Å². The van der Waals surface area contributed by atoms with Gasteiger partial charge in [0.2, 0.25) is 0 Å². The lowest BCUT2D eigenvalue weighted by atomic mass is 10.2. The lowest BCUT2D eigenvalue weighted by Gasteiger charge is -2.36. The largest absolute Gasteiger partial charge is 0.490 e. The molecule has 1 heterocycles. The Kier molecular flexibility index (Phi) is 6.07. The highest BCUT2D eigenvalue weighted by molar-refractivity contribution is 6.74. The van der Waals surface area contributed by atoms with Crippen molar-refractivity contribution in [3.63, 3.8) is 0 Å². The van der Waals surface area contributed by atoms with Crippen LogP contribution in [0.2, 0.25) is 18.1 Å². The molecular weight excluding hydrogens is 305 g/mol. The topological polar surface area (TPSA) is 57.7 Å². The first-order valence-electron chi connectivity index (χ1n) is 7.09. The molecule has 0 amide bonds. The highest BCUT2D eigenvalue weighted by Crippen LogP contribution is 2.36. The third kappa shape index (κ3) is 4.77. The van der Waals surface area contributed by atoms with Crippen molar-refractivity contribution in [2.45, 2.75) is 38.9 Å². The van der Waals surface area contributed by atoms with Crippen LogP contribution in [0.1, 0.15) is 31.3 Å². The number of rotatable bonds is 6. The van der Waals surface area contributed by atoms with Gasteiger partial charge in [0.1, 0.15) is 12.4 Å². The molecule has 0 aromatic carbocycles. The first-order valence-corrected chi connectivity index (χ1v) is 10.00. The summed E-state index contributed by atoms with van der Waals surface area (Å²) in [4.78, 5) is 14.9. The van der Waals surface area contributed by atoms with E-state index in [0.717, 1.165) is 6.07 Å². The molecule has 1 aromatic rings. The molecule has 0 atom stereocenters. The van der Waals surface area contributed by atoms with Crippen molar-refractivity contribution in [3.8, 4) is 5.75 Å². The molecule has 124 valence electrons. The molecule has 0 spiro atoms. The number of pyridine rings is 1. The molecule has 0 aliphatic heterocycles. The van der Waals surface area contributed by atoms with Crippen LogP contribution in [0.4, 0.5) is 4.39 Å². The van der Waals surface area contributed by atoms with E-state index in [1.807, 2.05) is 0 Å². The molecule has 0 fully saturated rings. The maximum atomic E-state index is 13.7. The fourth-order valence-electron chi connectivity index (χ4n) is 1.42. The summed E-state index contributed by atoms with van der Waals surface area (Å²) in [6, 6.07) is 1.12. The van der Waals surface area contributed by atoms with Crippen molar-refractivity contribution in [1.29, 1.82) is 0 Å². The standard InChI is InChI=1S/C15H24FNO4Si/c1-15(2,3)22(5,6)21-8-7-20-11-9-12(16)13(17-10-11)14(18)19-4/h9-10H,7-8H2,1-6H3. The molecule has 0 N–H and O–H groups in total. The van der Waals surface area contributed by atoms with Gasteiger partial charge < -0.3 is 13.9 Å². The number of nitrogens with zero attached hydrogens (tertiary/aromatic N) is 1. The zero-order valence-corrected chi connectivity index (χ0v) is 15.0. The Morgan fingerprint density at radius 1 is 1.32 bits per heavy atom. The number of methoxy groups -OCH3 is 1. The fourth-order valence-corrected chi connectivity index (χ4v) is 2.45. The van der Waals surface area contributed by atoms with Gasteiger partial charge in [0, 0.05) is 6.07 Å². The molecule has 0 saturated carbocycles. The predicted molar refractivity (Wildman–Crippen MR) is 84.2 cm³/mol. The minimum Gasteiger partial charge on any atom is -0.490 e. The Hall–Kier alpha value is -1.47. The van der Waals surface area contributed by atoms with Crippen LogP contribution in [0, 0.1) is 5.82 Å². The third-order valence-electron chi connectivity index (χ3n) is 3.82. The van der Waals surface area contributed by atoms with Crippen LogP contribution in [0.15, 0.2) is 12.3 Å². The quantitative estimate of drug-likeness (QED) is 0.455. The van der Waals surface area contributed by atoms with Crippen LogP contribution in [-0.2, 0) is 9.16 Å². The SMILES string of the molecule is COC(=O)c1ncc(OCCO[Si](C)(C)C(C)(C)C)cc1F. The van der Waals surface area contributed by atoms with E-state index >= 15 is 0 Å². The highest BCUT2D eigenvalue weighted by atomic mass is 28.4. The molecule has 22 heavy (non-hydrogen) atoms. The zero-order chi connectivity index (χ0) is 17.0. The number of carbonyl (C=O) groups excluding carboxylic acids is 1. The smallest absolute Gasteiger partial charge is 0.359 e. The van der Waals surface area contributed by atoms with E-state index < -0.39 is 20.1 Å². The third-order valence-corrected chi connectivity index (χ3v) is 8.35. The lowest BCUT2D eigenvalue weighted by Crippen LogP contribution is -2.41. The number of carbonyl (C=O) groups is 1. The summed E-state index contributed by atoms with van der Waals surface area (Å²) in [5.74, 6) is -1.33. The predicted octanol–water partition coefficient (Wildman–Crippen LogP) is 3.41. The van der Waals surface area contributed by atoms with E-state index in [1.165, 1.54) is 13.3 Å². The van der Waals surface area contributed by atoms with Crippen molar-refractivity contribution in [1.82, 2.24) is 4.98 Å². The van der Waals surface area contributed by atoms with Crippen LogP contribution in [0.25, 0.3) is 0 Å². The van der Waals surface area contributed by atoms with Gasteiger partial charge in [0.15, 0.2) is 19.8 Å². The molecule has 1 aromatic heterocycles. The van der Waals surface area contributed by atoms with E-state index in [0.29, 0.717) is 13.2 Å². The average molecular weight is 329 g/mol. The minimum atomic E-state index is -1.81. The van der Waals surface area contributed by atoms with Gasteiger partial charge in [-0.3, -0.25) is 0 Å². The molecule has 1 rings (SSSR count). The Morgan fingerprint density at radius 3 is 2.45 bits per heavy atom. The summed E-state index contributed by atoms with van der Waals surface area (Å²) in [5, 5.41) is 0.128. The summed E-state index contributed by atoms with van der Waals surface area (Å²) >= 11 is 0. The number of hydrogen-bond donors (Lipinski definition) is 0. The second-order valence-electron chi connectivity index (χ2n) is 6.45. The van der Waals surface area contributed by atoms with Gasteiger partial charge >= 0.3 is 5.97 Å². The number of esters is 1. The summed E-state index contributed by atoms with van der Waals surface area (Å²) in [5.41, 5.74) is -0.354. The zero-order valence-electron chi connectivity index (χ0n) is 14.0. The van der Waals surface area contributed by atoms with Crippen LogP contribution < -0.4 is 4.74 Å². The van der Waals surface area contributed by atoms with Crippen LogP contribution in [0.5, 0.6) is 5.75 Å². The number of halogens is 1. The Bertz CT molecular complexity index is 529. The minimum absolute atomic E-state index is 0.128. The summed E-state index contributed by atoms with van der Waals surface area (Å²) in [6.45, 7) is 11.5. The van der Waals surface area contributed by atoms with E-state index in [-0.39, 0.29) is 16.5 Å². The normalized spacial score (nSPS) is 12.1.